The van der Waals surface area contributed by atoms with E-state index in [1.807, 2.05) is 0 Å². The van der Waals surface area contributed by atoms with Crippen LogP contribution in [-0.4, -0.2) is 39.7 Å². The Bertz CT molecular complexity index is 688. The third-order valence-electron chi connectivity index (χ3n) is 3.62. The molecule has 6 nitrogen and oxygen atoms in total. The van der Waals surface area contributed by atoms with Gasteiger partial charge in [0.05, 0.1) is 11.6 Å². The number of para-hydroxylation sites is 2. The van der Waals surface area contributed by atoms with Crippen LogP contribution in [0.5, 0.6) is 0 Å². The van der Waals surface area contributed by atoms with Crippen LogP contribution >= 0.6 is 0 Å². The third-order valence-corrected chi connectivity index (χ3v) is 3.62. The molecule has 0 spiro atoms. The summed E-state index contributed by atoms with van der Waals surface area (Å²) < 4.78 is 6.43. The molecule has 106 valence electrons. The second kappa shape index (κ2) is 5.13. The van der Waals surface area contributed by atoms with Crippen molar-refractivity contribution in [3.05, 3.63) is 34.8 Å². The largest absolute Gasteiger partial charge is 0.420 e. The molecule has 1 amide bonds. The molecule has 1 aromatic carbocycles. The Hall–Kier alpha value is -2.08. The first-order chi connectivity index (χ1) is 9.65. The summed E-state index contributed by atoms with van der Waals surface area (Å²) in [6, 6.07) is 7.02. The highest BCUT2D eigenvalue weighted by Crippen LogP contribution is 2.14. The average Bonchev–Trinajstić information content (AvgIpc) is 2.75. The highest BCUT2D eigenvalue weighted by molar-refractivity contribution is 5.79. The Morgan fingerprint density at radius 1 is 1.40 bits per heavy atom. The number of nitrogens with zero attached hydrogens (tertiary/aromatic N) is 2. The maximum Gasteiger partial charge on any atom is 0.420 e. The van der Waals surface area contributed by atoms with Crippen LogP contribution in [0.15, 0.2) is 33.5 Å². The van der Waals surface area contributed by atoms with E-state index in [2.05, 4.69) is 0 Å². The molecule has 1 saturated heterocycles. The van der Waals surface area contributed by atoms with Crippen LogP contribution in [0.3, 0.4) is 0 Å². The summed E-state index contributed by atoms with van der Waals surface area (Å²) in [5, 5.41) is 9.60. The predicted molar refractivity (Wildman–Crippen MR) is 72.3 cm³/mol. The number of amides is 1. The third kappa shape index (κ3) is 2.34. The van der Waals surface area contributed by atoms with Gasteiger partial charge in [-0.15, -0.1) is 0 Å². The second-order valence-corrected chi connectivity index (χ2v) is 5.06. The molecule has 0 aliphatic carbocycles. The molecular formula is C14H16N2O4. The molecule has 1 N–H and O–H groups in total. The zero-order valence-electron chi connectivity index (χ0n) is 11.0. The van der Waals surface area contributed by atoms with E-state index in [-0.39, 0.29) is 12.5 Å². The molecule has 1 unspecified atom stereocenters. The number of hydrogen-bond donors (Lipinski definition) is 1. The van der Waals surface area contributed by atoms with Gasteiger partial charge in [0.15, 0.2) is 5.58 Å². The molecule has 1 atom stereocenters. The molecule has 3 rings (SSSR count). The first kappa shape index (κ1) is 12.9. The van der Waals surface area contributed by atoms with Crippen LogP contribution in [-0.2, 0) is 11.3 Å². The monoisotopic (exact) mass is 276 g/mol. The van der Waals surface area contributed by atoms with Gasteiger partial charge in [-0.1, -0.05) is 12.1 Å². The molecule has 0 radical (unpaired) electrons. The van der Waals surface area contributed by atoms with Crippen molar-refractivity contribution in [2.75, 3.05) is 13.1 Å². The van der Waals surface area contributed by atoms with Crippen molar-refractivity contribution < 1.29 is 14.3 Å². The lowest BCUT2D eigenvalue weighted by atomic mass is 10.1. The Morgan fingerprint density at radius 3 is 3.00 bits per heavy atom. The number of carbonyl (C=O) groups is 1. The van der Waals surface area contributed by atoms with Gasteiger partial charge in [0.1, 0.15) is 6.54 Å². The van der Waals surface area contributed by atoms with Gasteiger partial charge in [0.2, 0.25) is 5.91 Å². The SMILES string of the molecule is O=C(Cn1c(=O)oc2ccccc21)N1CCCC(O)C1. The summed E-state index contributed by atoms with van der Waals surface area (Å²) in [6.07, 6.45) is 1.04. The zero-order chi connectivity index (χ0) is 14.1. The van der Waals surface area contributed by atoms with Crippen molar-refractivity contribution in [2.45, 2.75) is 25.5 Å². The number of aliphatic hydroxyl groups is 1. The molecule has 2 aromatic rings. The van der Waals surface area contributed by atoms with E-state index in [4.69, 9.17) is 4.42 Å². The van der Waals surface area contributed by atoms with Crippen molar-refractivity contribution in [3.8, 4) is 0 Å². The summed E-state index contributed by atoms with van der Waals surface area (Å²) in [7, 11) is 0. The highest BCUT2D eigenvalue weighted by atomic mass is 16.4. The van der Waals surface area contributed by atoms with Crippen molar-refractivity contribution >= 4 is 17.0 Å². The number of likely N-dealkylation sites (tertiary alicyclic amines) is 1. The van der Waals surface area contributed by atoms with Gasteiger partial charge >= 0.3 is 5.76 Å². The number of aromatic nitrogens is 1. The Balaban J connectivity index is 1.84. The number of oxazole rings is 1. The molecule has 2 heterocycles. The van der Waals surface area contributed by atoms with Gasteiger partial charge in [-0.25, -0.2) is 4.79 Å². The van der Waals surface area contributed by atoms with Crippen LogP contribution in [0.25, 0.3) is 11.1 Å². The minimum atomic E-state index is -0.530. The fourth-order valence-electron chi connectivity index (χ4n) is 2.58. The minimum Gasteiger partial charge on any atom is -0.408 e. The van der Waals surface area contributed by atoms with E-state index >= 15 is 0 Å². The first-order valence-corrected chi connectivity index (χ1v) is 6.69. The minimum absolute atomic E-state index is 0.0530. The molecule has 1 aromatic heterocycles. The van der Waals surface area contributed by atoms with Gasteiger partial charge in [-0.3, -0.25) is 9.36 Å². The van der Waals surface area contributed by atoms with Crippen molar-refractivity contribution in [2.24, 2.45) is 0 Å². The summed E-state index contributed by atoms with van der Waals surface area (Å²) in [5.41, 5.74) is 1.09. The van der Waals surface area contributed by atoms with Gasteiger partial charge < -0.3 is 14.4 Å². The Labute approximate surface area is 115 Å². The number of hydrogen-bond acceptors (Lipinski definition) is 4. The van der Waals surface area contributed by atoms with Crippen molar-refractivity contribution in [3.63, 3.8) is 0 Å². The summed E-state index contributed by atoms with van der Waals surface area (Å²) in [5.74, 6) is -0.700. The fraction of sp³-hybridized carbons (Fsp3) is 0.429. The van der Waals surface area contributed by atoms with E-state index in [1.54, 1.807) is 29.2 Å². The van der Waals surface area contributed by atoms with Gasteiger partial charge in [-0.2, -0.15) is 0 Å². The first-order valence-electron chi connectivity index (χ1n) is 6.69. The van der Waals surface area contributed by atoms with Crippen LogP contribution in [0.4, 0.5) is 0 Å². The molecule has 1 aliphatic rings. The lowest BCUT2D eigenvalue weighted by molar-refractivity contribution is -0.134. The number of aliphatic hydroxyl groups excluding tert-OH is 1. The molecular weight excluding hydrogens is 260 g/mol. The lowest BCUT2D eigenvalue weighted by Gasteiger charge is -2.30. The molecule has 20 heavy (non-hydrogen) atoms. The van der Waals surface area contributed by atoms with E-state index in [1.165, 1.54) is 4.57 Å². The van der Waals surface area contributed by atoms with E-state index in [0.29, 0.717) is 24.2 Å². The van der Waals surface area contributed by atoms with E-state index in [0.717, 1.165) is 12.8 Å². The second-order valence-electron chi connectivity index (χ2n) is 5.06. The number of rotatable bonds is 2. The Kier molecular flexibility index (Phi) is 3.31. The average molecular weight is 276 g/mol. The van der Waals surface area contributed by atoms with Crippen LogP contribution in [0.1, 0.15) is 12.8 Å². The summed E-state index contributed by atoms with van der Waals surface area (Å²) in [6.45, 7) is 0.909. The van der Waals surface area contributed by atoms with E-state index in [9.17, 15) is 14.7 Å². The molecule has 6 heteroatoms. The van der Waals surface area contributed by atoms with Crippen molar-refractivity contribution in [1.82, 2.24) is 9.47 Å². The molecule has 1 aliphatic heterocycles. The fourth-order valence-corrected chi connectivity index (χ4v) is 2.58. The number of benzene rings is 1. The quantitative estimate of drug-likeness (QED) is 0.870. The lowest BCUT2D eigenvalue weighted by Crippen LogP contribution is -2.44. The van der Waals surface area contributed by atoms with E-state index < -0.39 is 11.9 Å². The summed E-state index contributed by atoms with van der Waals surface area (Å²) >= 11 is 0. The summed E-state index contributed by atoms with van der Waals surface area (Å²) in [4.78, 5) is 25.6. The topological polar surface area (TPSA) is 75.7 Å². The number of carbonyl (C=O) groups excluding carboxylic acids is 1. The predicted octanol–water partition coefficient (Wildman–Crippen LogP) is 0.578. The smallest absolute Gasteiger partial charge is 0.408 e. The Morgan fingerprint density at radius 2 is 2.20 bits per heavy atom. The number of β-amino-alcohol motifs (C(OH)–C–C–N with tert-alkyl or cyclic N) is 1. The maximum atomic E-state index is 12.2. The molecule has 0 bridgehead atoms. The van der Waals surface area contributed by atoms with Gasteiger partial charge in [0.25, 0.3) is 0 Å². The maximum absolute atomic E-state index is 12.2. The number of piperidine rings is 1. The molecule has 1 fully saturated rings. The standard InChI is InChI=1S/C14H16N2O4/c17-10-4-3-7-15(8-10)13(18)9-16-11-5-1-2-6-12(11)20-14(16)19/h1-2,5-6,10,17H,3-4,7-9H2. The van der Waals surface area contributed by atoms with Crippen molar-refractivity contribution in [1.29, 1.82) is 0 Å². The van der Waals surface area contributed by atoms with Crippen LogP contribution in [0, 0.1) is 0 Å². The zero-order valence-corrected chi connectivity index (χ0v) is 11.0. The van der Waals surface area contributed by atoms with Gasteiger partial charge in [-0.05, 0) is 25.0 Å². The highest BCUT2D eigenvalue weighted by Gasteiger charge is 2.23. The van der Waals surface area contributed by atoms with Crippen LogP contribution < -0.4 is 5.76 Å². The van der Waals surface area contributed by atoms with Crippen LogP contribution in [0.2, 0.25) is 0 Å². The normalized spacial score (nSPS) is 19.4. The van der Waals surface area contributed by atoms with Gasteiger partial charge in [0, 0.05) is 13.1 Å². The molecule has 0 saturated carbocycles. The number of fused-ring (bicyclic) bond motifs is 1.